The normalized spacial score (nSPS) is 10.7. The average molecular weight is 456 g/mol. The summed E-state index contributed by atoms with van der Waals surface area (Å²) in [5.41, 5.74) is 2.26. The second-order valence-electron chi connectivity index (χ2n) is 5.69. The fourth-order valence-electron chi connectivity index (χ4n) is 2.30. The van der Waals surface area contributed by atoms with Crippen molar-refractivity contribution in [1.82, 2.24) is 0 Å². The van der Waals surface area contributed by atoms with Gasteiger partial charge in [-0.2, -0.15) is 0 Å². The Balaban J connectivity index is 2.13. The molecule has 0 unspecified atom stereocenters. The van der Waals surface area contributed by atoms with E-state index in [-0.39, 0.29) is 0 Å². The molecular formula is C20H24Br2O2. The smallest absolute Gasteiger partial charge is 0.121 e. The van der Waals surface area contributed by atoms with Crippen LogP contribution in [0.4, 0.5) is 0 Å². The van der Waals surface area contributed by atoms with Gasteiger partial charge in [0.25, 0.3) is 0 Å². The number of benzene rings is 2. The molecule has 0 amide bonds. The van der Waals surface area contributed by atoms with Gasteiger partial charge in [0.15, 0.2) is 0 Å². The van der Waals surface area contributed by atoms with Gasteiger partial charge in [0.2, 0.25) is 0 Å². The van der Waals surface area contributed by atoms with Crippen LogP contribution in [0.5, 0.6) is 11.5 Å². The molecule has 0 bridgehead atoms. The number of rotatable bonds is 9. The van der Waals surface area contributed by atoms with Crippen LogP contribution in [0, 0.1) is 0 Å². The SMILES string of the molecule is CCCCOc1ccc(-c2c(Br)cc(OCCCC)cc2Br)cc1. The van der Waals surface area contributed by atoms with E-state index in [9.17, 15) is 0 Å². The van der Waals surface area contributed by atoms with Crippen molar-refractivity contribution in [3.05, 3.63) is 45.3 Å². The van der Waals surface area contributed by atoms with Crippen molar-refractivity contribution >= 4 is 31.9 Å². The van der Waals surface area contributed by atoms with Crippen LogP contribution in [0.25, 0.3) is 11.1 Å². The largest absolute Gasteiger partial charge is 0.494 e. The van der Waals surface area contributed by atoms with Gasteiger partial charge in [-0.05, 0) is 74.5 Å². The Morgan fingerprint density at radius 2 is 1.25 bits per heavy atom. The van der Waals surface area contributed by atoms with Crippen LogP contribution in [-0.4, -0.2) is 13.2 Å². The summed E-state index contributed by atoms with van der Waals surface area (Å²) in [7, 11) is 0. The van der Waals surface area contributed by atoms with E-state index < -0.39 is 0 Å². The maximum absolute atomic E-state index is 5.79. The van der Waals surface area contributed by atoms with E-state index in [4.69, 9.17) is 9.47 Å². The number of unbranched alkanes of at least 4 members (excludes halogenated alkanes) is 2. The van der Waals surface area contributed by atoms with E-state index >= 15 is 0 Å². The molecule has 0 aliphatic heterocycles. The third-order valence-electron chi connectivity index (χ3n) is 3.69. The molecular weight excluding hydrogens is 432 g/mol. The first-order valence-corrected chi connectivity index (χ1v) is 10.1. The van der Waals surface area contributed by atoms with Gasteiger partial charge in [0.05, 0.1) is 13.2 Å². The molecule has 2 rings (SSSR count). The minimum Gasteiger partial charge on any atom is -0.494 e. The van der Waals surface area contributed by atoms with Gasteiger partial charge >= 0.3 is 0 Å². The van der Waals surface area contributed by atoms with E-state index in [1.165, 1.54) is 0 Å². The number of hydrogen-bond acceptors (Lipinski definition) is 2. The predicted octanol–water partition coefficient (Wildman–Crippen LogP) is 7.24. The highest BCUT2D eigenvalue weighted by Crippen LogP contribution is 2.39. The van der Waals surface area contributed by atoms with Gasteiger partial charge in [-0.25, -0.2) is 0 Å². The summed E-state index contributed by atoms with van der Waals surface area (Å²) in [5, 5.41) is 0. The van der Waals surface area contributed by atoms with Crippen LogP contribution in [0.1, 0.15) is 39.5 Å². The summed E-state index contributed by atoms with van der Waals surface area (Å²) in [6.07, 6.45) is 4.42. The van der Waals surface area contributed by atoms with Gasteiger partial charge in [0, 0.05) is 14.5 Å². The van der Waals surface area contributed by atoms with Crippen molar-refractivity contribution in [2.24, 2.45) is 0 Å². The highest BCUT2D eigenvalue weighted by Gasteiger charge is 2.11. The van der Waals surface area contributed by atoms with E-state index in [0.29, 0.717) is 0 Å². The molecule has 0 aromatic heterocycles. The molecule has 2 aromatic carbocycles. The molecule has 130 valence electrons. The van der Waals surface area contributed by atoms with Crippen LogP contribution in [0.15, 0.2) is 45.3 Å². The average Bonchev–Trinajstić information content (AvgIpc) is 2.56. The number of hydrogen-bond donors (Lipinski definition) is 0. The van der Waals surface area contributed by atoms with Gasteiger partial charge in [0.1, 0.15) is 11.5 Å². The molecule has 2 nitrogen and oxygen atoms in total. The Morgan fingerprint density at radius 1 is 0.750 bits per heavy atom. The van der Waals surface area contributed by atoms with Gasteiger partial charge < -0.3 is 9.47 Å². The summed E-state index contributed by atoms with van der Waals surface area (Å²) >= 11 is 7.34. The second-order valence-corrected chi connectivity index (χ2v) is 7.40. The zero-order chi connectivity index (χ0) is 17.4. The summed E-state index contributed by atoms with van der Waals surface area (Å²) in [6.45, 7) is 5.84. The summed E-state index contributed by atoms with van der Waals surface area (Å²) < 4.78 is 13.6. The fraction of sp³-hybridized carbons (Fsp3) is 0.400. The van der Waals surface area contributed by atoms with Crippen LogP contribution in [0.3, 0.4) is 0 Å². The predicted molar refractivity (Wildman–Crippen MR) is 108 cm³/mol. The summed E-state index contributed by atoms with van der Waals surface area (Å²) in [6, 6.07) is 12.3. The third-order valence-corrected chi connectivity index (χ3v) is 4.94. The minimum absolute atomic E-state index is 0.749. The van der Waals surface area contributed by atoms with Gasteiger partial charge in [-0.15, -0.1) is 0 Å². The molecule has 0 N–H and O–H groups in total. The maximum atomic E-state index is 5.79. The minimum atomic E-state index is 0.749. The monoisotopic (exact) mass is 454 g/mol. The Kier molecular flexibility index (Phi) is 8.13. The highest BCUT2D eigenvalue weighted by atomic mass is 79.9. The molecule has 4 heteroatoms. The lowest BCUT2D eigenvalue weighted by atomic mass is 10.1. The lowest BCUT2D eigenvalue weighted by Gasteiger charge is -2.13. The van der Waals surface area contributed by atoms with Gasteiger partial charge in [-0.3, -0.25) is 0 Å². The molecule has 0 saturated carbocycles. The van der Waals surface area contributed by atoms with Crippen molar-refractivity contribution in [1.29, 1.82) is 0 Å². The molecule has 0 radical (unpaired) electrons. The van der Waals surface area contributed by atoms with E-state index in [1.807, 2.05) is 24.3 Å². The Labute approximate surface area is 161 Å². The van der Waals surface area contributed by atoms with E-state index in [0.717, 1.165) is 70.5 Å². The van der Waals surface area contributed by atoms with Crippen molar-refractivity contribution in [3.63, 3.8) is 0 Å². The second kappa shape index (κ2) is 10.1. The van der Waals surface area contributed by atoms with Crippen molar-refractivity contribution < 1.29 is 9.47 Å². The molecule has 24 heavy (non-hydrogen) atoms. The summed E-state index contributed by atoms with van der Waals surface area (Å²) in [4.78, 5) is 0. The first-order valence-electron chi connectivity index (χ1n) is 8.50. The molecule has 0 spiro atoms. The number of halogens is 2. The standard InChI is InChI=1S/C20H24Br2O2/c1-3-5-11-23-16-9-7-15(8-10-16)20-18(21)13-17(14-19(20)22)24-12-6-4-2/h7-10,13-14H,3-6,11-12H2,1-2H3. The fourth-order valence-corrected chi connectivity index (χ4v) is 3.90. The zero-order valence-corrected chi connectivity index (χ0v) is 17.5. The molecule has 0 fully saturated rings. The highest BCUT2D eigenvalue weighted by molar-refractivity contribution is 9.11. The number of ether oxygens (including phenoxy) is 2. The zero-order valence-electron chi connectivity index (χ0n) is 14.3. The van der Waals surface area contributed by atoms with Gasteiger partial charge in [-0.1, -0.05) is 38.8 Å². The topological polar surface area (TPSA) is 18.5 Å². The molecule has 0 saturated heterocycles. The third kappa shape index (κ3) is 5.52. The molecule has 2 aromatic rings. The van der Waals surface area contributed by atoms with Crippen LogP contribution in [-0.2, 0) is 0 Å². The molecule has 0 aliphatic carbocycles. The first-order chi connectivity index (χ1) is 11.7. The maximum Gasteiger partial charge on any atom is 0.121 e. The summed E-state index contributed by atoms with van der Waals surface area (Å²) in [5.74, 6) is 1.80. The Hall–Kier alpha value is -1.00. The molecule has 0 aliphatic rings. The van der Waals surface area contributed by atoms with Crippen molar-refractivity contribution in [2.75, 3.05) is 13.2 Å². The van der Waals surface area contributed by atoms with Crippen molar-refractivity contribution in [2.45, 2.75) is 39.5 Å². The molecule has 0 heterocycles. The quantitative estimate of drug-likeness (QED) is 0.371. The van der Waals surface area contributed by atoms with Crippen LogP contribution < -0.4 is 9.47 Å². The van der Waals surface area contributed by atoms with E-state index in [2.05, 4.69) is 57.8 Å². The first kappa shape index (κ1) is 19.3. The lowest BCUT2D eigenvalue weighted by Crippen LogP contribution is -1.97. The molecule has 0 atom stereocenters. The van der Waals surface area contributed by atoms with Crippen molar-refractivity contribution in [3.8, 4) is 22.6 Å². The lowest BCUT2D eigenvalue weighted by molar-refractivity contribution is 0.309. The van der Waals surface area contributed by atoms with E-state index in [1.54, 1.807) is 0 Å². The Bertz CT molecular complexity index is 616. The van der Waals surface area contributed by atoms with Crippen LogP contribution in [0.2, 0.25) is 0 Å². The Morgan fingerprint density at radius 3 is 1.75 bits per heavy atom. The van der Waals surface area contributed by atoms with Crippen LogP contribution >= 0.6 is 31.9 Å².